The molecule has 2 unspecified atom stereocenters. The normalized spacial score (nSPS) is 18.6. The maximum absolute atomic E-state index is 14.3. The number of hydrogen-bond acceptors (Lipinski definition) is 6. The fourth-order valence-electron chi connectivity index (χ4n) is 7.50. The van der Waals surface area contributed by atoms with Gasteiger partial charge in [-0.25, -0.2) is 0 Å². The zero-order valence-corrected chi connectivity index (χ0v) is 29.0. The number of anilines is 2. The Kier molecular flexibility index (Phi) is 10.1. The van der Waals surface area contributed by atoms with E-state index in [4.69, 9.17) is 11.6 Å². The first-order valence-electron chi connectivity index (χ1n) is 17.4. The quantitative estimate of drug-likeness (QED) is 0.238. The molecule has 4 aromatic carbocycles. The number of carbonyl (C=O) groups excluding carboxylic acids is 4. The third kappa shape index (κ3) is 7.48. The molecule has 1 spiro atoms. The molecule has 0 aliphatic carbocycles. The number of likely N-dealkylation sites (tertiary alicyclic amines) is 1. The summed E-state index contributed by atoms with van der Waals surface area (Å²) in [5, 5.41) is 9.88. The maximum atomic E-state index is 14.3. The summed E-state index contributed by atoms with van der Waals surface area (Å²) < 4.78 is 0. The van der Waals surface area contributed by atoms with E-state index in [0.717, 1.165) is 16.8 Å². The second-order valence-corrected chi connectivity index (χ2v) is 13.9. The molecule has 0 bridgehead atoms. The maximum Gasteiger partial charge on any atom is 0.250 e. The molecule has 0 radical (unpaired) electrons. The van der Waals surface area contributed by atoms with Crippen LogP contribution in [0.15, 0.2) is 109 Å². The standard InChI is InChI=1S/C40H41ClN6O4/c41-31-17-15-28(16-18-31)23-35(44-37(49)34-24-29-9-7-8-10-30(29)25-42-34)38(50)45-21-19-40(20-22-45)39(51)46(27-47(40)33-13-5-2-6-14-33)26-36(48)43-32-11-3-1-4-12-32/h1-18,34-35,42H,19-27H2,(H,43,48)(H,44,49). The van der Waals surface area contributed by atoms with E-state index >= 15 is 0 Å². The second kappa shape index (κ2) is 15.0. The highest BCUT2D eigenvalue weighted by atomic mass is 35.5. The van der Waals surface area contributed by atoms with E-state index in [2.05, 4.69) is 26.9 Å². The summed E-state index contributed by atoms with van der Waals surface area (Å²) in [5.74, 6) is -0.823. The third-order valence-corrected chi connectivity index (χ3v) is 10.5. The highest BCUT2D eigenvalue weighted by molar-refractivity contribution is 6.30. The lowest BCUT2D eigenvalue weighted by atomic mass is 9.85. The average molecular weight is 705 g/mol. The van der Waals surface area contributed by atoms with Crippen molar-refractivity contribution < 1.29 is 19.2 Å². The predicted octanol–water partition coefficient (Wildman–Crippen LogP) is 4.39. The fraction of sp³-hybridized carbons (Fsp3) is 0.300. The molecule has 3 aliphatic heterocycles. The van der Waals surface area contributed by atoms with Crippen LogP contribution < -0.4 is 20.9 Å². The van der Waals surface area contributed by atoms with Gasteiger partial charge in [0.25, 0.3) is 5.91 Å². The molecule has 3 aliphatic rings. The van der Waals surface area contributed by atoms with Crippen LogP contribution in [0.25, 0.3) is 0 Å². The van der Waals surface area contributed by atoms with Gasteiger partial charge in [-0.2, -0.15) is 0 Å². The zero-order chi connectivity index (χ0) is 35.4. The van der Waals surface area contributed by atoms with E-state index in [0.29, 0.717) is 56.0 Å². The number of nitrogens with zero attached hydrogens (tertiary/aromatic N) is 3. The topological polar surface area (TPSA) is 114 Å². The number of rotatable bonds is 9. The molecule has 2 fully saturated rings. The second-order valence-electron chi connectivity index (χ2n) is 13.5. The lowest BCUT2D eigenvalue weighted by molar-refractivity contribution is -0.141. The lowest BCUT2D eigenvalue weighted by Gasteiger charge is -2.44. The van der Waals surface area contributed by atoms with Crippen LogP contribution in [0, 0.1) is 0 Å². The molecule has 3 N–H and O–H groups in total. The van der Waals surface area contributed by atoms with E-state index in [1.165, 1.54) is 5.56 Å². The van der Waals surface area contributed by atoms with Crippen molar-refractivity contribution in [2.24, 2.45) is 0 Å². The Hall–Kier alpha value is -5.19. The first-order chi connectivity index (χ1) is 24.8. The number of para-hydroxylation sites is 2. The lowest BCUT2D eigenvalue weighted by Crippen LogP contribution is -2.60. The molecule has 3 heterocycles. The van der Waals surface area contributed by atoms with Crippen LogP contribution >= 0.6 is 11.6 Å². The van der Waals surface area contributed by atoms with Crippen LogP contribution in [0.1, 0.15) is 29.5 Å². The molecule has 0 aromatic heterocycles. The van der Waals surface area contributed by atoms with E-state index in [9.17, 15) is 19.2 Å². The largest absolute Gasteiger partial charge is 0.343 e. The van der Waals surface area contributed by atoms with Gasteiger partial charge in [-0.1, -0.05) is 84.4 Å². The van der Waals surface area contributed by atoms with Gasteiger partial charge < -0.3 is 30.7 Å². The Balaban J connectivity index is 1.07. The van der Waals surface area contributed by atoms with Gasteiger partial charge in [0.1, 0.15) is 18.1 Å². The number of amides is 4. The van der Waals surface area contributed by atoms with Crippen LogP contribution in [-0.2, 0) is 38.6 Å². The molecule has 2 saturated heterocycles. The SMILES string of the molecule is O=C(CN1CN(c2ccccc2)C2(CCN(C(=O)C(Cc3ccc(Cl)cc3)NC(=O)C3Cc4ccccc4CN3)CC2)C1=O)Nc1ccccc1. The van der Waals surface area contributed by atoms with Crippen LogP contribution in [-0.4, -0.2) is 77.4 Å². The minimum Gasteiger partial charge on any atom is -0.343 e. The summed E-state index contributed by atoms with van der Waals surface area (Å²) in [5.41, 5.74) is 3.79. The Morgan fingerprint density at radius 3 is 2.20 bits per heavy atom. The molecule has 4 amide bonds. The van der Waals surface area contributed by atoms with Crippen molar-refractivity contribution >= 4 is 46.6 Å². The molecule has 2 atom stereocenters. The van der Waals surface area contributed by atoms with E-state index < -0.39 is 17.6 Å². The Morgan fingerprint density at radius 1 is 0.843 bits per heavy atom. The molecule has 10 nitrogen and oxygen atoms in total. The Bertz CT molecular complexity index is 1880. The first-order valence-corrected chi connectivity index (χ1v) is 17.8. The number of benzene rings is 4. The van der Waals surface area contributed by atoms with Crippen LogP contribution in [0.2, 0.25) is 5.02 Å². The zero-order valence-electron chi connectivity index (χ0n) is 28.3. The number of nitrogens with one attached hydrogen (secondary N) is 3. The molecule has 51 heavy (non-hydrogen) atoms. The summed E-state index contributed by atoms with van der Waals surface area (Å²) in [6.45, 7) is 1.39. The highest BCUT2D eigenvalue weighted by Gasteiger charge is 2.54. The van der Waals surface area contributed by atoms with Gasteiger partial charge in [-0.15, -0.1) is 0 Å². The van der Waals surface area contributed by atoms with Gasteiger partial charge >= 0.3 is 0 Å². The number of halogens is 1. The van der Waals surface area contributed by atoms with E-state index in [-0.39, 0.29) is 36.8 Å². The smallest absolute Gasteiger partial charge is 0.250 e. The van der Waals surface area contributed by atoms with Gasteiger partial charge in [0.2, 0.25) is 17.7 Å². The van der Waals surface area contributed by atoms with Crippen molar-refractivity contribution in [2.75, 3.05) is 36.5 Å². The summed E-state index contributed by atoms with van der Waals surface area (Å²) in [6, 6.07) is 33.0. The number of fused-ring (bicyclic) bond motifs is 1. The molecule has 4 aromatic rings. The molecule has 7 rings (SSSR count). The van der Waals surface area contributed by atoms with Crippen molar-refractivity contribution in [1.29, 1.82) is 0 Å². The Morgan fingerprint density at radius 2 is 1.49 bits per heavy atom. The minimum atomic E-state index is -0.917. The van der Waals surface area contributed by atoms with Gasteiger partial charge in [0, 0.05) is 42.5 Å². The van der Waals surface area contributed by atoms with Crippen molar-refractivity contribution in [1.82, 2.24) is 20.4 Å². The van der Waals surface area contributed by atoms with Gasteiger partial charge in [-0.3, -0.25) is 19.2 Å². The van der Waals surface area contributed by atoms with Gasteiger partial charge in [0.05, 0.1) is 12.7 Å². The first kappa shape index (κ1) is 34.3. The number of carbonyl (C=O) groups is 4. The summed E-state index contributed by atoms with van der Waals surface area (Å²) in [4.78, 5) is 60.7. The summed E-state index contributed by atoms with van der Waals surface area (Å²) in [7, 11) is 0. The number of piperidine rings is 1. The average Bonchev–Trinajstić information content (AvgIpc) is 3.41. The van der Waals surface area contributed by atoms with Crippen molar-refractivity contribution in [3.05, 3.63) is 131 Å². The van der Waals surface area contributed by atoms with Gasteiger partial charge in [-0.05, 0) is 72.4 Å². The molecule has 262 valence electrons. The van der Waals surface area contributed by atoms with Crippen molar-refractivity contribution in [2.45, 2.75) is 49.9 Å². The van der Waals surface area contributed by atoms with Crippen molar-refractivity contribution in [3.8, 4) is 0 Å². The monoisotopic (exact) mass is 704 g/mol. The summed E-state index contributed by atoms with van der Waals surface area (Å²) in [6.07, 6.45) is 1.59. The number of hydrogen-bond donors (Lipinski definition) is 3. The Labute approximate surface area is 302 Å². The molecular weight excluding hydrogens is 664 g/mol. The van der Waals surface area contributed by atoms with Crippen LogP contribution in [0.4, 0.5) is 11.4 Å². The minimum absolute atomic E-state index is 0.0870. The highest BCUT2D eigenvalue weighted by Crippen LogP contribution is 2.39. The predicted molar refractivity (Wildman–Crippen MR) is 197 cm³/mol. The van der Waals surface area contributed by atoms with Crippen LogP contribution in [0.3, 0.4) is 0 Å². The van der Waals surface area contributed by atoms with Gasteiger partial charge in [0.15, 0.2) is 0 Å². The fourth-order valence-corrected chi connectivity index (χ4v) is 7.63. The molecular formula is C40H41ClN6O4. The third-order valence-electron chi connectivity index (χ3n) is 10.2. The van der Waals surface area contributed by atoms with Crippen LogP contribution in [0.5, 0.6) is 0 Å². The van der Waals surface area contributed by atoms with E-state index in [1.807, 2.05) is 91.0 Å². The van der Waals surface area contributed by atoms with E-state index in [1.54, 1.807) is 21.9 Å². The van der Waals surface area contributed by atoms with Crippen molar-refractivity contribution in [3.63, 3.8) is 0 Å². The molecule has 0 saturated carbocycles. The molecule has 11 heteroatoms. The summed E-state index contributed by atoms with van der Waals surface area (Å²) >= 11 is 6.15.